The molecule has 1 saturated heterocycles. The number of rotatable bonds is 6. The van der Waals surface area contributed by atoms with Crippen molar-refractivity contribution in [1.29, 1.82) is 0 Å². The average molecular weight is 256 g/mol. The molecule has 0 bridgehead atoms. The molecule has 0 amide bonds. The van der Waals surface area contributed by atoms with Gasteiger partial charge >= 0.3 is 0 Å². The van der Waals surface area contributed by atoms with Crippen LogP contribution in [0.5, 0.6) is 0 Å². The Morgan fingerprint density at radius 2 is 2.00 bits per heavy atom. The molecule has 108 valence electrons. The van der Waals surface area contributed by atoms with Gasteiger partial charge < -0.3 is 10.1 Å². The Morgan fingerprint density at radius 1 is 1.28 bits per heavy atom. The van der Waals surface area contributed by atoms with Crippen molar-refractivity contribution in [3.05, 3.63) is 0 Å². The molecule has 0 aliphatic carbocycles. The molecule has 1 rings (SSSR count). The predicted molar refractivity (Wildman–Crippen MR) is 78.1 cm³/mol. The van der Waals surface area contributed by atoms with E-state index in [9.17, 15) is 0 Å². The van der Waals surface area contributed by atoms with Gasteiger partial charge in [-0.3, -0.25) is 4.90 Å². The zero-order chi connectivity index (χ0) is 13.6. The summed E-state index contributed by atoms with van der Waals surface area (Å²) in [7, 11) is 0. The molecule has 0 aromatic carbocycles. The summed E-state index contributed by atoms with van der Waals surface area (Å²) in [6.45, 7) is 15.1. The van der Waals surface area contributed by atoms with Gasteiger partial charge in [-0.25, -0.2) is 0 Å². The summed E-state index contributed by atoms with van der Waals surface area (Å²) in [6, 6.07) is 1.27. The summed E-state index contributed by atoms with van der Waals surface area (Å²) in [6.07, 6.45) is 4.04. The molecule has 3 heteroatoms. The van der Waals surface area contributed by atoms with Crippen LogP contribution in [0.2, 0.25) is 0 Å². The van der Waals surface area contributed by atoms with Gasteiger partial charge in [0.15, 0.2) is 0 Å². The summed E-state index contributed by atoms with van der Waals surface area (Å²) in [4.78, 5) is 2.54. The van der Waals surface area contributed by atoms with E-state index < -0.39 is 0 Å². The van der Waals surface area contributed by atoms with Crippen molar-refractivity contribution in [3.8, 4) is 0 Å². The van der Waals surface area contributed by atoms with Crippen LogP contribution in [0.25, 0.3) is 0 Å². The Balaban J connectivity index is 2.30. The van der Waals surface area contributed by atoms with E-state index >= 15 is 0 Å². The van der Waals surface area contributed by atoms with Crippen LogP contribution in [-0.2, 0) is 4.74 Å². The van der Waals surface area contributed by atoms with E-state index in [1.165, 1.54) is 25.8 Å². The predicted octanol–water partition coefficient (Wildman–Crippen LogP) is 2.65. The highest BCUT2D eigenvalue weighted by Gasteiger charge is 2.19. The Morgan fingerprint density at radius 3 is 2.50 bits per heavy atom. The van der Waals surface area contributed by atoms with Gasteiger partial charge in [0.1, 0.15) is 0 Å². The molecule has 1 aliphatic heterocycles. The van der Waals surface area contributed by atoms with Crippen molar-refractivity contribution >= 4 is 0 Å². The van der Waals surface area contributed by atoms with Crippen LogP contribution >= 0.6 is 0 Å². The van der Waals surface area contributed by atoms with E-state index in [0.717, 1.165) is 19.7 Å². The Labute approximate surface area is 113 Å². The van der Waals surface area contributed by atoms with E-state index in [-0.39, 0.29) is 5.60 Å². The van der Waals surface area contributed by atoms with Crippen LogP contribution < -0.4 is 5.32 Å². The zero-order valence-corrected chi connectivity index (χ0v) is 13.0. The Kier molecular flexibility index (Phi) is 6.61. The summed E-state index contributed by atoms with van der Waals surface area (Å²) < 4.78 is 5.84. The molecular formula is C15H32N2O. The van der Waals surface area contributed by atoms with Gasteiger partial charge in [-0.15, -0.1) is 0 Å². The van der Waals surface area contributed by atoms with Crippen LogP contribution in [0.3, 0.4) is 0 Å². The average Bonchev–Trinajstić information content (AvgIpc) is 2.27. The first-order chi connectivity index (χ1) is 8.38. The summed E-state index contributed by atoms with van der Waals surface area (Å²) in [5, 5.41) is 3.63. The van der Waals surface area contributed by atoms with E-state index in [4.69, 9.17) is 4.74 Å². The fourth-order valence-corrected chi connectivity index (χ4v) is 2.39. The highest BCUT2D eigenvalue weighted by atomic mass is 16.5. The lowest BCUT2D eigenvalue weighted by molar-refractivity contribution is -0.0174. The molecule has 0 saturated carbocycles. The quantitative estimate of drug-likeness (QED) is 0.791. The molecule has 0 aromatic rings. The molecule has 1 fully saturated rings. The van der Waals surface area contributed by atoms with Gasteiger partial charge in [0.2, 0.25) is 0 Å². The number of hydrogen-bond donors (Lipinski definition) is 1. The van der Waals surface area contributed by atoms with Crippen LogP contribution in [-0.4, -0.2) is 48.8 Å². The SMILES string of the molecule is CC(C)N(CCOC(C)(C)C)CC1CCCCN1. The van der Waals surface area contributed by atoms with Gasteiger partial charge in [0, 0.05) is 25.2 Å². The first-order valence-corrected chi connectivity index (χ1v) is 7.50. The van der Waals surface area contributed by atoms with Gasteiger partial charge in [0.25, 0.3) is 0 Å². The maximum atomic E-state index is 5.84. The van der Waals surface area contributed by atoms with Gasteiger partial charge in [-0.05, 0) is 54.0 Å². The number of hydrogen-bond acceptors (Lipinski definition) is 3. The smallest absolute Gasteiger partial charge is 0.0600 e. The lowest BCUT2D eigenvalue weighted by Gasteiger charge is -2.33. The Bertz CT molecular complexity index is 217. The maximum absolute atomic E-state index is 5.84. The normalized spacial score (nSPS) is 21.8. The number of piperidine rings is 1. The molecule has 18 heavy (non-hydrogen) atoms. The number of nitrogens with one attached hydrogen (secondary N) is 1. The minimum absolute atomic E-state index is 0.0221. The molecule has 3 nitrogen and oxygen atoms in total. The highest BCUT2D eigenvalue weighted by molar-refractivity contribution is 4.77. The summed E-state index contributed by atoms with van der Waals surface area (Å²) >= 11 is 0. The van der Waals surface area contributed by atoms with Crippen molar-refractivity contribution in [2.24, 2.45) is 0 Å². The molecule has 0 aromatic heterocycles. The van der Waals surface area contributed by atoms with Crippen molar-refractivity contribution in [2.45, 2.75) is 71.6 Å². The topological polar surface area (TPSA) is 24.5 Å². The fraction of sp³-hybridized carbons (Fsp3) is 1.00. The molecule has 1 aliphatic rings. The standard InChI is InChI=1S/C15H32N2O/c1-13(2)17(10-11-18-15(3,4)5)12-14-8-6-7-9-16-14/h13-14,16H,6-12H2,1-5H3. The molecule has 1 N–H and O–H groups in total. The summed E-state index contributed by atoms with van der Waals surface area (Å²) in [5.41, 5.74) is -0.0221. The van der Waals surface area contributed by atoms with E-state index in [0.29, 0.717) is 12.1 Å². The monoisotopic (exact) mass is 256 g/mol. The lowest BCUT2D eigenvalue weighted by atomic mass is 10.0. The summed E-state index contributed by atoms with van der Waals surface area (Å²) in [5.74, 6) is 0. The van der Waals surface area contributed by atoms with Crippen molar-refractivity contribution in [3.63, 3.8) is 0 Å². The van der Waals surface area contributed by atoms with Gasteiger partial charge in [-0.1, -0.05) is 6.42 Å². The minimum Gasteiger partial charge on any atom is -0.375 e. The fourth-order valence-electron chi connectivity index (χ4n) is 2.39. The maximum Gasteiger partial charge on any atom is 0.0600 e. The van der Waals surface area contributed by atoms with Crippen LogP contribution in [0.15, 0.2) is 0 Å². The van der Waals surface area contributed by atoms with E-state index in [2.05, 4.69) is 44.8 Å². The molecule has 0 radical (unpaired) electrons. The van der Waals surface area contributed by atoms with E-state index in [1.54, 1.807) is 0 Å². The van der Waals surface area contributed by atoms with E-state index in [1.807, 2.05) is 0 Å². The molecule has 1 heterocycles. The second-order valence-electron chi connectivity index (χ2n) is 6.70. The molecular weight excluding hydrogens is 224 g/mol. The third kappa shape index (κ3) is 6.72. The minimum atomic E-state index is -0.0221. The number of nitrogens with zero attached hydrogens (tertiary/aromatic N) is 1. The van der Waals surface area contributed by atoms with Gasteiger partial charge in [-0.2, -0.15) is 0 Å². The molecule has 1 atom stereocenters. The number of ether oxygens (including phenoxy) is 1. The van der Waals surface area contributed by atoms with Crippen molar-refractivity contribution < 1.29 is 4.74 Å². The molecule has 1 unspecified atom stereocenters. The van der Waals surface area contributed by atoms with Crippen LogP contribution in [0, 0.1) is 0 Å². The third-order valence-electron chi connectivity index (χ3n) is 3.51. The van der Waals surface area contributed by atoms with Crippen molar-refractivity contribution in [1.82, 2.24) is 10.2 Å². The zero-order valence-electron chi connectivity index (χ0n) is 13.0. The van der Waals surface area contributed by atoms with Crippen LogP contribution in [0.1, 0.15) is 53.9 Å². The molecule has 0 spiro atoms. The first-order valence-electron chi connectivity index (χ1n) is 7.50. The van der Waals surface area contributed by atoms with Crippen molar-refractivity contribution in [2.75, 3.05) is 26.2 Å². The Hall–Kier alpha value is -0.120. The largest absolute Gasteiger partial charge is 0.375 e. The second kappa shape index (κ2) is 7.46. The first kappa shape index (κ1) is 15.9. The highest BCUT2D eigenvalue weighted by Crippen LogP contribution is 2.11. The lowest BCUT2D eigenvalue weighted by Crippen LogP contribution is -2.47. The second-order valence-corrected chi connectivity index (χ2v) is 6.70. The third-order valence-corrected chi connectivity index (χ3v) is 3.51. The van der Waals surface area contributed by atoms with Gasteiger partial charge in [0.05, 0.1) is 12.2 Å². The van der Waals surface area contributed by atoms with Crippen LogP contribution in [0.4, 0.5) is 0 Å².